The van der Waals surface area contributed by atoms with E-state index >= 15 is 0 Å². The molecule has 1 saturated heterocycles. The molecule has 1 aliphatic rings. The Balaban J connectivity index is 1.52. The molecule has 1 atom stereocenters. The number of hydrogen-bond acceptors (Lipinski definition) is 5. The van der Waals surface area contributed by atoms with Crippen molar-refractivity contribution >= 4 is 5.82 Å². The highest BCUT2D eigenvalue weighted by Crippen LogP contribution is 2.18. The fourth-order valence-electron chi connectivity index (χ4n) is 2.80. The second kappa shape index (κ2) is 7.33. The number of piperidine rings is 1. The molecule has 0 aliphatic carbocycles. The Morgan fingerprint density at radius 3 is 2.91 bits per heavy atom. The molecular formula is C17H22N4O. The monoisotopic (exact) mass is 298 g/mol. The summed E-state index contributed by atoms with van der Waals surface area (Å²) in [6, 6.07) is 9.89. The lowest BCUT2D eigenvalue weighted by atomic mass is 10.1. The van der Waals surface area contributed by atoms with Crippen molar-refractivity contribution in [2.75, 3.05) is 18.8 Å². The summed E-state index contributed by atoms with van der Waals surface area (Å²) in [6.45, 7) is 3.43. The van der Waals surface area contributed by atoms with Crippen LogP contribution >= 0.6 is 0 Å². The first-order valence-corrected chi connectivity index (χ1v) is 7.74. The van der Waals surface area contributed by atoms with E-state index in [4.69, 9.17) is 10.5 Å². The van der Waals surface area contributed by atoms with Crippen LogP contribution in [0.1, 0.15) is 24.1 Å². The Kier molecular flexibility index (Phi) is 4.98. The van der Waals surface area contributed by atoms with Crippen molar-refractivity contribution < 1.29 is 4.74 Å². The first-order chi connectivity index (χ1) is 10.8. The minimum Gasteiger partial charge on any atom is -0.383 e. The molecule has 2 aromatic heterocycles. The number of nitrogens with two attached hydrogens (primary N) is 1. The van der Waals surface area contributed by atoms with Crippen molar-refractivity contribution in [2.45, 2.75) is 32.1 Å². The van der Waals surface area contributed by atoms with E-state index in [0.29, 0.717) is 12.4 Å². The minimum absolute atomic E-state index is 0.258. The number of nitrogens with zero attached hydrogens (tertiary/aromatic N) is 3. The van der Waals surface area contributed by atoms with Crippen molar-refractivity contribution in [1.29, 1.82) is 0 Å². The zero-order valence-electron chi connectivity index (χ0n) is 12.7. The highest BCUT2D eigenvalue weighted by Gasteiger charge is 2.21. The predicted molar refractivity (Wildman–Crippen MR) is 86.0 cm³/mol. The van der Waals surface area contributed by atoms with Gasteiger partial charge in [0.05, 0.1) is 18.4 Å². The quantitative estimate of drug-likeness (QED) is 0.917. The average molecular weight is 298 g/mol. The summed E-state index contributed by atoms with van der Waals surface area (Å²) in [6.07, 6.45) is 6.04. The van der Waals surface area contributed by atoms with Gasteiger partial charge >= 0.3 is 0 Å². The third-order valence-corrected chi connectivity index (χ3v) is 3.98. The molecular weight excluding hydrogens is 276 g/mol. The van der Waals surface area contributed by atoms with Crippen molar-refractivity contribution in [3.8, 4) is 0 Å². The van der Waals surface area contributed by atoms with Crippen LogP contribution in [0.2, 0.25) is 0 Å². The van der Waals surface area contributed by atoms with Crippen LogP contribution < -0.4 is 5.73 Å². The Hall–Kier alpha value is -1.98. The van der Waals surface area contributed by atoms with E-state index < -0.39 is 0 Å². The number of pyridine rings is 2. The molecule has 2 N–H and O–H groups in total. The SMILES string of the molecule is Nc1ncccc1CN1CCC[C@H](OCc2ccccn2)C1. The molecule has 3 heterocycles. The summed E-state index contributed by atoms with van der Waals surface area (Å²) in [7, 11) is 0. The molecule has 1 fully saturated rings. The highest BCUT2D eigenvalue weighted by molar-refractivity contribution is 5.38. The predicted octanol–water partition coefficient (Wildman–Crippen LogP) is 2.24. The van der Waals surface area contributed by atoms with Crippen LogP contribution in [0, 0.1) is 0 Å². The van der Waals surface area contributed by atoms with Crippen LogP contribution in [0.4, 0.5) is 5.82 Å². The Labute approximate surface area is 131 Å². The molecule has 0 unspecified atom stereocenters. The number of aromatic nitrogens is 2. The molecule has 5 nitrogen and oxygen atoms in total. The number of anilines is 1. The van der Waals surface area contributed by atoms with Crippen molar-refractivity contribution in [3.05, 3.63) is 54.0 Å². The summed E-state index contributed by atoms with van der Waals surface area (Å²) in [5, 5.41) is 0. The fourth-order valence-corrected chi connectivity index (χ4v) is 2.80. The van der Waals surface area contributed by atoms with Crippen LogP contribution in [0.25, 0.3) is 0 Å². The fraction of sp³-hybridized carbons (Fsp3) is 0.412. The number of rotatable bonds is 5. The molecule has 22 heavy (non-hydrogen) atoms. The Bertz CT molecular complexity index is 590. The van der Waals surface area contributed by atoms with Crippen LogP contribution in [-0.2, 0) is 17.9 Å². The Morgan fingerprint density at radius 2 is 2.09 bits per heavy atom. The number of hydrogen-bond donors (Lipinski definition) is 1. The summed E-state index contributed by atoms with van der Waals surface area (Å²) < 4.78 is 6.02. The van der Waals surface area contributed by atoms with Gasteiger partial charge in [0, 0.05) is 31.0 Å². The second-order valence-corrected chi connectivity index (χ2v) is 5.68. The molecule has 0 aromatic carbocycles. The van der Waals surface area contributed by atoms with Crippen LogP contribution in [-0.4, -0.2) is 34.1 Å². The zero-order chi connectivity index (χ0) is 15.2. The second-order valence-electron chi connectivity index (χ2n) is 5.68. The topological polar surface area (TPSA) is 64.3 Å². The average Bonchev–Trinajstić information content (AvgIpc) is 2.57. The van der Waals surface area contributed by atoms with Gasteiger partial charge in [0.2, 0.25) is 0 Å². The minimum atomic E-state index is 0.258. The standard InChI is InChI=1S/C17H22N4O/c18-17-14(5-3-9-20-17)11-21-10-4-7-16(12-21)22-13-15-6-1-2-8-19-15/h1-3,5-6,8-9,16H,4,7,10-13H2,(H2,18,20)/t16-/m0/s1. The zero-order valence-corrected chi connectivity index (χ0v) is 12.7. The maximum atomic E-state index is 6.02. The van der Waals surface area contributed by atoms with E-state index in [2.05, 4.69) is 14.9 Å². The maximum Gasteiger partial charge on any atom is 0.127 e. The summed E-state index contributed by atoms with van der Waals surface area (Å²) in [5.41, 5.74) is 8.00. The van der Waals surface area contributed by atoms with Gasteiger partial charge in [0.25, 0.3) is 0 Å². The van der Waals surface area contributed by atoms with E-state index in [1.165, 1.54) is 0 Å². The third-order valence-electron chi connectivity index (χ3n) is 3.98. The van der Waals surface area contributed by atoms with E-state index in [1.54, 1.807) is 12.4 Å². The maximum absolute atomic E-state index is 6.02. The van der Waals surface area contributed by atoms with Crippen molar-refractivity contribution in [1.82, 2.24) is 14.9 Å². The summed E-state index contributed by atoms with van der Waals surface area (Å²) in [4.78, 5) is 10.8. The molecule has 0 amide bonds. The molecule has 0 saturated carbocycles. The van der Waals surface area contributed by atoms with E-state index in [0.717, 1.165) is 43.7 Å². The smallest absolute Gasteiger partial charge is 0.127 e. The number of likely N-dealkylation sites (tertiary alicyclic amines) is 1. The van der Waals surface area contributed by atoms with Crippen LogP contribution in [0.5, 0.6) is 0 Å². The highest BCUT2D eigenvalue weighted by atomic mass is 16.5. The summed E-state index contributed by atoms with van der Waals surface area (Å²) in [5.74, 6) is 0.624. The van der Waals surface area contributed by atoms with Crippen molar-refractivity contribution in [2.24, 2.45) is 0 Å². The van der Waals surface area contributed by atoms with E-state index in [-0.39, 0.29) is 6.10 Å². The molecule has 0 radical (unpaired) electrons. The largest absolute Gasteiger partial charge is 0.383 e. The van der Waals surface area contributed by atoms with Crippen LogP contribution in [0.3, 0.4) is 0 Å². The molecule has 3 rings (SSSR count). The van der Waals surface area contributed by atoms with Gasteiger partial charge in [-0.1, -0.05) is 12.1 Å². The lowest BCUT2D eigenvalue weighted by Gasteiger charge is -2.32. The molecule has 2 aromatic rings. The molecule has 1 aliphatic heterocycles. The first-order valence-electron chi connectivity index (χ1n) is 7.74. The number of nitrogen functional groups attached to an aromatic ring is 1. The normalized spacial score (nSPS) is 19.2. The third kappa shape index (κ3) is 4.02. The number of ether oxygens (including phenoxy) is 1. The van der Waals surface area contributed by atoms with Gasteiger partial charge in [-0.25, -0.2) is 4.98 Å². The molecule has 0 bridgehead atoms. The lowest BCUT2D eigenvalue weighted by molar-refractivity contribution is -0.0132. The molecule has 0 spiro atoms. The van der Waals surface area contributed by atoms with Crippen LogP contribution in [0.15, 0.2) is 42.7 Å². The molecule has 116 valence electrons. The van der Waals surface area contributed by atoms with Gasteiger partial charge < -0.3 is 10.5 Å². The van der Waals surface area contributed by atoms with Gasteiger partial charge in [-0.05, 0) is 37.6 Å². The van der Waals surface area contributed by atoms with Gasteiger partial charge in [-0.15, -0.1) is 0 Å². The van der Waals surface area contributed by atoms with E-state index in [9.17, 15) is 0 Å². The summed E-state index contributed by atoms with van der Waals surface area (Å²) >= 11 is 0. The lowest BCUT2D eigenvalue weighted by Crippen LogP contribution is -2.39. The van der Waals surface area contributed by atoms with Gasteiger partial charge in [-0.2, -0.15) is 0 Å². The molecule has 5 heteroatoms. The Morgan fingerprint density at radius 1 is 1.18 bits per heavy atom. The van der Waals surface area contributed by atoms with Gasteiger partial charge in [0.15, 0.2) is 0 Å². The van der Waals surface area contributed by atoms with Crippen molar-refractivity contribution in [3.63, 3.8) is 0 Å². The van der Waals surface area contributed by atoms with Gasteiger partial charge in [0.1, 0.15) is 5.82 Å². The van der Waals surface area contributed by atoms with E-state index in [1.807, 2.05) is 30.3 Å². The van der Waals surface area contributed by atoms with Gasteiger partial charge in [-0.3, -0.25) is 9.88 Å². The first kappa shape index (κ1) is 14.9.